The lowest BCUT2D eigenvalue weighted by Gasteiger charge is -2.30. The van der Waals surface area contributed by atoms with Gasteiger partial charge in [-0.2, -0.15) is 0 Å². The highest BCUT2D eigenvalue weighted by Gasteiger charge is 2.22. The lowest BCUT2D eigenvalue weighted by molar-refractivity contribution is -0.130. The molecule has 1 atom stereocenters. The summed E-state index contributed by atoms with van der Waals surface area (Å²) in [6.45, 7) is 5.98. The van der Waals surface area contributed by atoms with Crippen molar-refractivity contribution in [2.45, 2.75) is 31.8 Å². The molecule has 1 aliphatic heterocycles. The van der Waals surface area contributed by atoms with Gasteiger partial charge >= 0.3 is 0 Å². The van der Waals surface area contributed by atoms with Crippen LogP contribution in [0.3, 0.4) is 0 Å². The minimum Gasteiger partial charge on any atom is -0.342 e. The Bertz CT molecular complexity index is 1270. The Morgan fingerprint density at radius 1 is 1.16 bits per heavy atom. The molecule has 0 N–H and O–H groups in total. The molecule has 158 valence electrons. The van der Waals surface area contributed by atoms with Gasteiger partial charge in [-0.15, -0.1) is 10.2 Å². The van der Waals surface area contributed by atoms with E-state index in [4.69, 9.17) is 4.98 Å². The van der Waals surface area contributed by atoms with Gasteiger partial charge in [0.05, 0.1) is 11.3 Å². The number of aryl methyl sites for hydroxylation is 1. The third kappa shape index (κ3) is 3.90. The van der Waals surface area contributed by atoms with Crippen molar-refractivity contribution in [2.75, 3.05) is 18.8 Å². The predicted molar refractivity (Wildman–Crippen MR) is 124 cm³/mol. The molecule has 7 heteroatoms. The van der Waals surface area contributed by atoms with E-state index in [1.54, 1.807) is 0 Å². The van der Waals surface area contributed by atoms with Crippen molar-refractivity contribution >= 4 is 34.2 Å². The van der Waals surface area contributed by atoms with Crippen molar-refractivity contribution in [3.8, 4) is 11.4 Å². The molecule has 31 heavy (non-hydrogen) atoms. The number of carbonyl (C=O) groups is 1. The number of likely N-dealkylation sites (tertiary alicyclic amines) is 1. The number of hydrogen-bond donors (Lipinski definition) is 0. The van der Waals surface area contributed by atoms with Crippen LogP contribution in [-0.4, -0.2) is 49.2 Å². The van der Waals surface area contributed by atoms with E-state index in [0.29, 0.717) is 16.8 Å². The van der Waals surface area contributed by atoms with E-state index in [2.05, 4.69) is 42.2 Å². The zero-order valence-corrected chi connectivity index (χ0v) is 18.6. The van der Waals surface area contributed by atoms with Gasteiger partial charge in [-0.25, -0.2) is 4.98 Å². The topological polar surface area (TPSA) is 63.4 Å². The van der Waals surface area contributed by atoms with Crippen molar-refractivity contribution in [2.24, 2.45) is 5.92 Å². The SMILES string of the molecule is Cc1cccc(-c2nc3ccccc3c3nnc(SCC(=O)N4CCC[C@H](C)C4)n23)c1. The van der Waals surface area contributed by atoms with Gasteiger partial charge in [-0.3, -0.25) is 9.20 Å². The van der Waals surface area contributed by atoms with Crippen LogP contribution in [0.2, 0.25) is 0 Å². The van der Waals surface area contributed by atoms with Crippen LogP contribution in [0.5, 0.6) is 0 Å². The zero-order valence-electron chi connectivity index (χ0n) is 17.8. The van der Waals surface area contributed by atoms with E-state index in [-0.39, 0.29) is 5.91 Å². The first-order chi connectivity index (χ1) is 15.1. The molecule has 1 aliphatic rings. The summed E-state index contributed by atoms with van der Waals surface area (Å²) in [7, 11) is 0. The third-order valence-corrected chi connectivity index (χ3v) is 6.74. The highest BCUT2D eigenvalue weighted by atomic mass is 32.2. The standard InChI is InChI=1S/C24H25N5OS/c1-16-7-5-9-18(13-16)22-25-20-11-4-3-10-19(20)23-26-27-24(29(22)23)31-15-21(30)28-12-6-8-17(2)14-28/h3-5,7,9-11,13,17H,6,8,12,14-15H2,1-2H3/t17-/m0/s1. The molecule has 6 nitrogen and oxygen atoms in total. The summed E-state index contributed by atoms with van der Waals surface area (Å²) in [5.74, 6) is 1.89. The molecule has 1 fully saturated rings. The summed E-state index contributed by atoms with van der Waals surface area (Å²) in [6, 6.07) is 16.3. The molecule has 5 rings (SSSR count). The number of carbonyl (C=O) groups excluding carboxylic acids is 1. The first-order valence-electron chi connectivity index (χ1n) is 10.7. The largest absolute Gasteiger partial charge is 0.342 e. The van der Waals surface area contributed by atoms with Crippen LogP contribution in [0.15, 0.2) is 53.7 Å². The smallest absolute Gasteiger partial charge is 0.233 e. The molecule has 1 amide bonds. The number of thioether (sulfide) groups is 1. The van der Waals surface area contributed by atoms with Gasteiger partial charge in [0, 0.05) is 24.0 Å². The summed E-state index contributed by atoms with van der Waals surface area (Å²) < 4.78 is 1.99. The van der Waals surface area contributed by atoms with E-state index in [0.717, 1.165) is 53.0 Å². The average Bonchev–Trinajstić information content (AvgIpc) is 3.21. The van der Waals surface area contributed by atoms with Gasteiger partial charge in [0.15, 0.2) is 10.8 Å². The fourth-order valence-corrected chi connectivity index (χ4v) is 5.10. The molecule has 1 saturated heterocycles. The van der Waals surface area contributed by atoms with Gasteiger partial charge in [0.2, 0.25) is 5.91 Å². The van der Waals surface area contributed by atoms with Crippen LogP contribution in [-0.2, 0) is 4.79 Å². The number of piperidine rings is 1. The molecule has 0 saturated carbocycles. The maximum Gasteiger partial charge on any atom is 0.233 e. The van der Waals surface area contributed by atoms with Crippen LogP contribution in [0.4, 0.5) is 0 Å². The quantitative estimate of drug-likeness (QED) is 0.442. The lowest BCUT2D eigenvalue weighted by Crippen LogP contribution is -2.40. The molecule has 3 heterocycles. The second-order valence-corrected chi connectivity index (χ2v) is 9.28. The summed E-state index contributed by atoms with van der Waals surface area (Å²) >= 11 is 1.44. The van der Waals surface area contributed by atoms with Gasteiger partial charge in [-0.05, 0) is 43.9 Å². The van der Waals surface area contributed by atoms with E-state index >= 15 is 0 Å². The van der Waals surface area contributed by atoms with Crippen molar-refractivity contribution in [3.63, 3.8) is 0 Å². The number of hydrogen-bond acceptors (Lipinski definition) is 5. The Hall–Kier alpha value is -2.93. The van der Waals surface area contributed by atoms with Crippen LogP contribution >= 0.6 is 11.8 Å². The number of benzene rings is 2. The second kappa shape index (κ2) is 8.30. The molecule has 0 bridgehead atoms. The molecule has 0 spiro atoms. The van der Waals surface area contributed by atoms with Gasteiger partial charge in [0.25, 0.3) is 0 Å². The predicted octanol–water partition coefficient (Wildman–Crippen LogP) is 4.60. The van der Waals surface area contributed by atoms with Crippen LogP contribution in [0.1, 0.15) is 25.3 Å². The van der Waals surface area contributed by atoms with Crippen molar-refractivity contribution < 1.29 is 4.79 Å². The van der Waals surface area contributed by atoms with Crippen LogP contribution < -0.4 is 0 Å². The van der Waals surface area contributed by atoms with Crippen molar-refractivity contribution in [3.05, 3.63) is 54.1 Å². The monoisotopic (exact) mass is 431 g/mol. The van der Waals surface area contributed by atoms with E-state index in [1.807, 2.05) is 39.6 Å². The number of nitrogens with zero attached hydrogens (tertiary/aromatic N) is 5. The fraction of sp³-hybridized carbons (Fsp3) is 0.333. The average molecular weight is 432 g/mol. The number of rotatable bonds is 4. The molecule has 0 radical (unpaired) electrons. The molecule has 0 aliphatic carbocycles. The minimum absolute atomic E-state index is 0.166. The normalized spacial score (nSPS) is 16.8. The van der Waals surface area contributed by atoms with Crippen molar-refractivity contribution in [1.29, 1.82) is 0 Å². The highest BCUT2D eigenvalue weighted by Crippen LogP contribution is 2.29. The second-order valence-electron chi connectivity index (χ2n) is 8.34. The minimum atomic E-state index is 0.166. The maximum absolute atomic E-state index is 12.8. The first-order valence-corrected chi connectivity index (χ1v) is 11.7. The van der Waals surface area contributed by atoms with Crippen molar-refractivity contribution in [1.82, 2.24) is 24.5 Å². The summed E-state index contributed by atoms with van der Waals surface area (Å²) in [4.78, 5) is 19.8. The van der Waals surface area contributed by atoms with Gasteiger partial charge in [-0.1, -0.05) is 54.6 Å². The maximum atomic E-state index is 12.8. The lowest BCUT2D eigenvalue weighted by atomic mass is 10.0. The van der Waals surface area contributed by atoms with Gasteiger partial charge in [0.1, 0.15) is 5.82 Å². The Kier molecular flexibility index (Phi) is 5.36. The number of para-hydroxylation sites is 1. The third-order valence-electron chi connectivity index (χ3n) is 5.83. The van der Waals surface area contributed by atoms with E-state index in [1.165, 1.54) is 18.2 Å². The highest BCUT2D eigenvalue weighted by molar-refractivity contribution is 7.99. The summed E-state index contributed by atoms with van der Waals surface area (Å²) in [5, 5.41) is 10.6. The van der Waals surface area contributed by atoms with Crippen LogP contribution in [0.25, 0.3) is 27.9 Å². The molecule has 2 aromatic heterocycles. The summed E-state index contributed by atoms with van der Waals surface area (Å²) in [6.07, 6.45) is 2.28. The number of amides is 1. The molecule has 2 aromatic carbocycles. The zero-order chi connectivity index (χ0) is 21.4. The molecule has 0 unspecified atom stereocenters. The number of fused-ring (bicyclic) bond motifs is 3. The Morgan fingerprint density at radius 2 is 2.03 bits per heavy atom. The Morgan fingerprint density at radius 3 is 2.87 bits per heavy atom. The Balaban J connectivity index is 1.54. The molecule has 4 aromatic rings. The summed E-state index contributed by atoms with van der Waals surface area (Å²) in [5.41, 5.74) is 3.82. The molecular formula is C24H25N5OS. The van der Waals surface area contributed by atoms with E-state index < -0.39 is 0 Å². The fourth-order valence-electron chi connectivity index (χ4n) is 4.26. The Labute approximate surface area is 185 Å². The van der Waals surface area contributed by atoms with E-state index in [9.17, 15) is 4.79 Å². The molecular weight excluding hydrogens is 406 g/mol. The van der Waals surface area contributed by atoms with Gasteiger partial charge < -0.3 is 4.90 Å². The van der Waals surface area contributed by atoms with Crippen LogP contribution in [0, 0.1) is 12.8 Å². The first kappa shape index (κ1) is 20.0. The number of aromatic nitrogens is 4.